The van der Waals surface area contributed by atoms with Gasteiger partial charge < -0.3 is 5.32 Å². The second-order valence-electron chi connectivity index (χ2n) is 3.59. The minimum Gasteiger partial charge on any atom is -0.319 e. The summed E-state index contributed by atoms with van der Waals surface area (Å²) in [6.45, 7) is 0.848. The molecule has 88 valence electrons. The van der Waals surface area contributed by atoms with Gasteiger partial charge in [0.15, 0.2) is 5.82 Å². The minimum atomic E-state index is 0.757. The highest BCUT2D eigenvalue weighted by Gasteiger charge is 2.06. The van der Waals surface area contributed by atoms with Gasteiger partial charge >= 0.3 is 0 Å². The SMILES string of the molecule is CNCCc1nncc(-c2ccccc2Br)n1. The van der Waals surface area contributed by atoms with Crippen molar-refractivity contribution in [1.29, 1.82) is 0 Å². The number of nitrogens with one attached hydrogen (secondary N) is 1. The monoisotopic (exact) mass is 292 g/mol. The molecule has 0 saturated heterocycles. The topological polar surface area (TPSA) is 50.7 Å². The molecule has 2 rings (SSSR count). The van der Waals surface area contributed by atoms with Crippen LogP contribution >= 0.6 is 15.9 Å². The van der Waals surface area contributed by atoms with E-state index < -0.39 is 0 Å². The van der Waals surface area contributed by atoms with E-state index in [1.165, 1.54) is 0 Å². The third-order valence-corrected chi connectivity index (χ3v) is 3.04. The maximum Gasteiger partial charge on any atom is 0.152 e. The molecule has 0 radical (unpaired) electrons. The molecule has 1 N–H and O–H groups in total. The van der Waals surface area contributed by atoms with E-state index >= 15 is 0 Å². The molecule has 0 aliphatic carbocycles. The predicted molar refractivity (Wildman–Crippen MR) is 70.6 cm³/mol. The van der Waals surface area contributed by atoms with Crippen molar-refractivity contribution in [2.24, 2.45) is 0 Å². The van der Waals surface area contributed by atoms with Crippen molar-refractivity contribution in [3.8, 4) is 11.3 Å². The molecule has 0 aliphatic rings. The van der Waals surface area contributed by atoms with Gasteiger partial charge in [-0.1, -0.05) is 34.1 Å². The van der Waals surface area contributed by atoms with Crippen molar-refractivity contribution in [1.82, 2.24) is 20.5 Å². The molecular weight excluding hydrogens is 280 g/mol. The third kappa shape index (κ3) is 3.08. The Labute approximate surface area is 109 Å². The van der Waals surface area contributed by atoms with Gasteiger partial charge in [0.05, 0.1) is 11.9 Å². The predicted octanol–water partition coefficient (Wildman–Crippen LogP) is 2.06. The van der Waals surface area contributed by atoms with Gasteiger partial charge in [0, 0.05) is 23.0 Å². The zero-order valence-corrected chi connectivity index (χ0v) is 11.1. The summed E-state index contributed by atoms with van der Waals surface area (Å²) in [5.41, 5.74) is 1.88. The number of aromatic nitrogens is 3. The number of halogens is 1. The van der Waals surface area contributed by atoms with Crippen LogP contribution in [0.15, 0.2) is 34.9 Å². The molecule has 0 aliphatic heterocycles. The molecule has 17 heavy (non-hydrogen) atoms. The van der Waals surface area contributed by atoms with Crippen LogP contribution in [0, 0.1) is 0 Å². The number of benzene rings is 1. The van der Waals surface area contributed by atoms with Crippen LogP contribution in [-0.2, 0) is 6.42 Å². The molecule has 1 aromatic carbocycles. The first-order chi connectivity index (χ1) is 8.31. The van der Waals surface area contributed by atoms with E-state index in [0.717, 1.165) is 34.5 Å². The van der Waals surface area contributed by atoms with Crippen LogP contribution in [-0.4, -0.2) is 28.8 Å². The lowest BCUT2D eigenvalue weighted by Gasteiger charge is -2.04. The van der Waals surface area contributed by atoms with Gasteiger partial charge in [-0.05, 0) is 13.1 Å². The summed E-state index contributed by atoms with van der Waals surface area (Å²) < 4.78 is 1.01. The second kappa shape index (κ2) is 5.84. The third-order valence-electron chi connectivity index (χ3n) is 2.35. The van der Waals surface area contributed by atoms with E-state index in [2.05, 4.69) is 36.4 Å². The zero-order valence-electron chi connectivity index (χ0n) is 9.52. The van der Waals surface area contributed by atoms with E-state index in [1.807, 2.05) is 31.3 Å². The van der Waals surface area contributed by atoms with E-state index in [4.69, 9.17) is 0 Å². The van der Waals surface area contributed by atoms with Gasteiger partial charge in [-0.15, -0.1) is 5.10 Å². The van der Waals surface area contributed by atoms with Crippen LogP contribution in [0.5, 0.6) is 0 Å². The van der Waals surface area contributed by atoms with Crippen LogP contribution < -0.4 is 5.32 Å². The summed E-state index contributed by atoms with van der Waals surface area (Å²) in [4.78, 5) is 4.50. The lowest BCUT2D eigenvalue weighted by atomic mass is 10.2. The fraction of sp³-hybridized carbons (Fsp3) is 0.250. The summed E-state index contributed by atoms with van der Waals surface area (Å²) in [5, 5.41) is 11.1. The Morgan fingerprint density at radius 2 is 2.12 bits per heavy atom. The van der Waals surface area contributed by atoms with Gasteiger partial charge in [0.1, 0.15) is 0 Å². The standard InChI is InChI=1S/C12H13BrN4/c1-14-7-6-12-16-11(8-15-17-12)9-4-2-3-5-10(9)13/h2-5,8,14H,6-7H2,1H3. The van der Waals surface area contributed by atoms with E-state index in [9.17, 15) is 0 Å². The fourth-order valence-corrected chi connectivity index (χ4v) is 1.97. The van der Waals surface area contributed by atoms with Gasteiger partial charge in [-0.3, -0.25) is 0 Å². The highest BCUT2D eigenvalue weighted by atomic mass is 79.9. The van der Waals surface area contributed by atoms with Crippen LogP contribution in [0.25, 0.3) is 11.3 Å². The summed E-state index contributed by atoms with van der Waals surface area (Å²) in [5.74, 6) is 0.757. The summed E-state index contributed by atoms with van der Waals surface area (Å²) in [7, 11) is 1.91. The molecule has 0 atom stereocenters. The Morgan fingerprint density at radius 1 is 1.29 bits per heavy atom. The number of nitrogens with zero attached hydrogens (tertiary/aromatic N) is 3. The van der Waals surface area contributed by atoms with E-state index in [1.54, 1.807) is 6.20 Å². The van der Waals surface area contributed by atoms with Crippen LogP contribution in [0.2, 0.25) is 0 Å². The summed E-state index contributed by atoms with van der Waals surface area (Å²) >= 11 is 3.51. The normalized spacial score (nSPS) is 10.5. The quantitative estimate of drug-likeness (QED) is 0.937. The maximum atomic E-state index is 4.50. The largest absolute Gasteiger partial charge is 0.319 e. The van der Waals surface area contributed by atoms with Crippen molar-refractivity contribution in [2.75, 3.05) is 13.6 Å². The van der Waals surface area contributed by atoms with E-state index in [0.29, 0.717) is 0 Å². The Morgan fingerprint density at radius 3 is 2.88 bits per heavy atom. The molecule has 5 heteroatoms. The Kier molecular flexibility index (Phi) is 4.17. The summed E-state index contributed by atoms with van der Waals surface area (Å²) in [6, 6.07) is 7.96. The molecule has 4 nitrogen and oxygen atoms in total. The molecule has 0 bridgehead atoms. The molecule has 1 aromatic heterocycles. The van der Waals surface area contributed by atoms with Crippen LogP contribution in [0.1, 0.15) is 5.82 Å². The fourth-order valence-electron chi connectivity index (χ4n) is 1.48. The maximum absolute atomic E-state index is 4.50. The highest BCUT2D eigenvalue weighted by Crippen LogP contribution is 2.25. The van der Waals surface area contributed by atoms with Gasteiger partial charge in [0.25, 0.3) is 0 Å². The first-order valence-electron chi connectivity index (χ1n) is 5.39. The molecule has 0 amide bonds. The molecule has 1 heterocycles. The average molecular weight is 293 g/mol. The first-order valence-corrected chi connectivity index (χ1v) is 6.18. The number of likely N-dealkylation sites (N-methyl/N-ethyl adjacent to an activating group) is 1. The first kappa shape index (κ1) is 12.1. The van der Waals surface area contributed by atoms with Crippen molar-refractivity contribution in [3.05, 3.63) is 40.8 Å². The van der Waals surface area contributed by atoms with Crippen LogP contribution in [0.4, 0.5) is 0 Å². The Hall–Kier alpha value is -1.33. The number of rotatable bonds is 4. The van der Waals surface area contributed by atoms with Crippen molar-refractivity contribution >= 4 is 15.9 Å². The molecule has 0 unspecified atom stereocenters. The van der Waals surface area contributed by atoms with Crippen molar-refractivity contribution in [2.45, 2.75) is 6.42 Å². The minimum absolute atomic E-state index is 0.757. The highest BCUT2D eigenvalue weighted by molar-refractivity contribution is 9.10. The molecule has 0 fully saturated rings. The molecule has 0 spiro atoms. The second-order valence-corrected chi connectivity index (χ2v) is 4.45. The van der Waals surface area contributed by atoms with E-state index in [-0.39, 0.29) is 0 Å². The molecule has 2 aromatic rings. The van der Waals surface area contributed by atoms with Crippen LogP contribution in [0.3, 0.4) is 0 Å². The number of hydrogen-bond donors (Lipinski definition) is 1. The van der Waals surface area contributed by atoms with Crippen molar-refractivity contribution in [3.63, 3.8) is 0 Å². The molecule has 0 saturated carbocycles. The number of hydrogen-bond acceptors (Lipinski definition) is 4. The summed E-state index contributed by atoms with van der Waals surface area (Å²) in [6.07, 6.45) is 2.46. The Balaban J connectivity index is 2.30. The van der Waals surface area contributed by atoms with Gasteiger partial charge in [-0.2, -0.15) is 5.10 Å². The molecular formula is C12H13BrN4. The van der Waals surface area contributed by atoms with Gasteiger partial charge in [0.2, 0.25) is 0 Å². The van der Waals surface area contributed by atoms with Crippen molar-refractivity contribution < 1.29 is 0 Å². The average Bonchev–Trinajstić information content (AvgIpc) is 2.37. The smallest absolute Gasteiger partial charge is 0.152 e. The lowest BCUT2D eigenvalue weighted by Crippen LogP contribution is -2.13. The van der Waals surface area contributed by atoms with Gasteiger partial charge in [-0.25, -0.2) is 4.98 Å². The Bertz CT molecular complexity index is 501. The zero-order chi connectivity index (χ0) is 12.1. The lowest BCUT2D eigenvalue weighted by molar-refractivity contribution is 0.735.